The lowest BCUT2D eigenvalue weighted by Gasteiger charge is -2.22. The molecule has 3 heteroatoms. The molecule has 0 saturated carbocycles. The van der Waals surface area contributed by atoms with Crippen molar-refractivity contribution in [2.24, 2.45) is 5.92 Å². The molecule has 0 bridgehead atoms. The van der Waals surface area contributed by atoms with Gasteiger partial charge in [-0.05, 0) is 38.1 Å². The number of hydrogen-bond acceptors (Lipinski definition) is 2. The molecule has 0 amide bonds. The van der Waals surface area contributed by atoms with E-state index in [1.807, 2.05) is 0 Å². The number of ether oxygens (including phenoxy) is 1. The Hall–Kier alpha value is -0.0500. The summed E-state index contributed by atoms with van der Waals surface area (Å²) < 4.78 is 5.34. The summed E-state index contributed by atoms with van der Waals surface area (Å²) in [5, 5.41) is 3.54. The third-order valence-corrected chi connectivity index (χ3v) is 3.23. The summed E-state index contributed by atoms with van der Waals surface area (Å²) in [5.41, 5.74) is 0. The predicted octanol–water partition coefficient (Wildman–Crippen LogP) is 2.53. The Morgan fingerprint density at radius 3 is 2.47 bits per heavy atom. The number of piperidine rings is 1. The fourth-order valence-electron chi connectivity index (χ4n) is 2.24. The van der Waals surface area contributed by atoms with Gasteiger partial charge in [-0.15, -0.1) is 12.4 Å². The molecule has 2 aliphatic heterocycles. The summed E-state index contributed by atoms with van der Waals surface area (Å²) in [7, 11) is 0. The fourth-order valence-corrected chi connectivity index (χ4v) is 2.24. The Labute approximate surface area is 98.9 Å². The second kappa shape index (κ2) is 7.26. The van der Waals surface area contributed by atoms with Gasteiger partial charge in [0.1, 0.15) is 0 Å². The lowest BCUT2D eigenvalue weighted by atomic mass is 9.97. The molecule has 2 aliphatic rings. The van der Waals surface area contributed by atoms with Crippen LogP contribution in [0.15, 0.2) is 12.2 Å². The van der Waals surface area contributed by atoms with Crippen molar-refractivity contribution >= 4 is 12.4 Å². The van der Waals surface area contributed by atoms with E-state index in [0.717, 1.165) is 19.1 Å². The molecule has 1 atom stereocenters. The van der Waals surface area contributed by atoms with Gasteiger partial charge in [0.15, 0.2) is 0 Å². The van der Waals surface area contributed by atoms with Crippen LogP contribution >= 0.6 is 12.4 Å². The maximum Gasteiger partial charge on any atom is 0.0471 e. The lowest BCUT2D eigenvalue weighted by molar-refractivity contribution is 0.0784. The van der Waals surface area contributed by atoms with E-state index in [-0.39, 0.29) is 12.4 Å². The van der Waals surface area contributed by atoms with Crippen molar-refractivity contribution in [1.82, 2.24) is 5.32 Å². The second-order valence-corrected chi connectivity index (χ2v) is 4.39. The Kier molecular flexibility index (Phi) is 6.30. The van der Waals surface area contributed by atoms with Crippen LogP contribution in [0, 0.1) is 5.92 Å². The van der Waals surface area contributed by atoms with Crippen molar-refractivity contribution in [2.75, 3.05) is 19.8 Å². The third-order valence-electron chi connectivity index (χ3n) is 3.23. The highest BCUT2D eigenvalue weighted by Crippen LogP contribution is 2.17. The van der Waals surface area contributed by atoms with E-state index in [4.69, 9.17) is 4.74 Å². The number of rotatable bonds is 2. The molecule has 0 aromatic rings. The fraction of sp³-hybridized carbons (Fsp3) is 0.833. The van der Waals surface area contributed by atoms with E-state index in [2.05, 4.69) is 17.5 Å². The third kappa shape index (κ3) is 4.54. The van der Waals surface area contributed by atoms with Crippen molar-refractivity contribution in [1.29, 1.82) is 0 Å². The average Bonchev–Trinajstić information content (AvgIpc) is 2.29. The first kappa shape index (κ1) is 13.0. The summed E-state index contributed by atoms with van der Waals surface area (Å²) in [6.07, 6.45) is 11.3. The van der Waals surface area contributed by atoms with Crippen LogP contribution in [-0.4, -0.2) is 25.8 Å². The molecule has 1 unspecified atom stereocenters. The van der Waals surface area contributed by atoms with Crippen LogP contribution in [-0.2, 0) is 4.74 Å². The van der Waals surface area contributed by atoms with Crippen molar-refractivity contribution in [3.63, 3.8) is 0 Å². The smallest absolute Gasteiger partial charge is 0.0471 e. The second-order valence-electron chi connectivity index (χ2n) is 4.39. The van der Waals surface area contributed by atoms with Gasteiger partial charge >= 0.3 is 0 Å². The lowest BCUT2D eigenvalue weighted by Crippen LogP contribution is -2.32. The van der Waals surface area contributed by atoms with Gasteiger partial charge in [-0.1, -0.05) is 18.6 Å². The zero-order valence-electron chi connectivity index (χ0n) is 9.28. The Morgan fingerprint density at radius 1 is 1.00 bits per heavy atom. The Balaban J connectivity index is 0.00000112. The van der Waals surface area contributed by atoms with E-state index < -0.39 is 0 Å². The largest absolute Gasteiger partial charge is 0.381 e. The van der Waals surface area contributed by atoms with Gasteiger partial charge in [0.2, 0.25) is 0 Å². The molecule has 2 heterocycles. The normalized spacial score (nSPS) is 28.9. The quantitative estimate of drug-likeness (QED) is 0.738. The topological polar surface area (TPSA) is 21.3 Å². The van der Waals surface area contributed by atoms with Crippen LogP contribution in [0.4, 0.5) is 0 Å². The minimum absolute atomic E-state index is 0. The first-order chi connectivity index (χ1) is 6.95. The zero-order valence-corrected chi connectivity index (χ0v) is 10.1. The van der Waals surface area contributed by atoms with Crippen LogP contribution in [0.3, 0.4) is 0 Å². The van der Waals surface area contributed by atoms with E-state index >= 15 is 0 Å². The van der Waals surface area contributed by atoms with Crippen molar-refractivity contribution < 1.29 is 4.74 Å². The molecule has 2 saturated heterocycles. The zero-order chi connectivity index (χ0) is 9.64. The van der Waals surface area contributed by atoms with E-state index in [1.165, 1.54) is 38.6 Å². The Bertz CT molecular complexity index is 164. The highest BCUT2D eigenvalue weighted by Gasteiger charge is 2.12. The summed E-state index contributed by atoms with van der Waals surface area (Å²) in [6.45, 7) is 3.10. The molecule has 2 nitrogen and oxygen atoms in total. The number of halogens is 1. The van der Waals surface area contributed by atoms with Gasteiger partial charge in [-0.3, -0.25) is 0 Å². The van der Waals surface area contributed by atoms with Crippen LogP contribution in [0.25, 0.3) is 0 Å². The molecule has 0 aromatic carbocycles. The molecular formula is C12H22ClNO. The molecule has 0 aliphatic carbocycles. The molecule has 1 N–H and O–H groups in total. The standard InChI is InChI=1S/C12H21NO.ClH/c1-2-8-13-12(3-1)5-4-11-6-9-14-10-7-11;/h4-5,11-13H,1-3,6-10H2;1H/b5-4+;. The number of hydrogen-bond donors (Lipinski definition) is 1. The number of allylic oxidation sites excluding steroid dienone is 1. The molecule has 0 aromatic heterocycles. The van der Waals surface area contributed by atoms with Gasteiger partial charge in [-0.25, -0.2) is 0 Å². The van der Waals surface area contributed by atoms with Crippen LogP contribution in [0.5, 0.6) is 0 Å². The summed E-state index contributed by atoms with van der Waals surface area (Å²) in [6, 6.07) is 0.645. The maximum absolute atomic E-state index is 5.34. The first-order valence-electron chi connectivity index (χ1n) is 5.94. The van der Waals surface area contributed by atoms with Gasteiger partial charge in [0, 0.05) is 19.3 Å². The minimum Gasteiger partial charge on any atom is -0.381 e. The first-order valence-corrected chi connectivity index (χ1v) is 5.94. The van der Waals surface area contributed by atoms with Gasteiger partial charge in [0.25, 0.3) is 0 Å². The van der Waals surface area contributed by atoms with Crippen molar-refractivity contribution in [3.05, 3.63) is 12.2 Å². The highest BCUT2D eigenvalue weighted by atomic mass is 35.5. The summed E-state index contributed by atoms with van der Waals surface area (Å²) in [5.74, 6) is 0.771. The molecule has 2 fully saturated rings. The van der Waals surface area contributed by atoms with Gasteiger partial charge in [-0.2, -0.15) is 0 Å². The predicted molar refractivity (Wildman–Crippen MR) is 65.6 cm³/mol. The minimum atomic E-state index is 0. The van der Waals surface area contributed by atoms with Gasteiger partial charge in [0.05, 0.1) is 0 Å². The van der Waals surface area contributed by atoms with Crippen molar-refractivity contribution in [3.8, 4) is 0 Å². The van der Waals surface area contributed by atoms with Crippen molar-refractivity contribution in [2.45, 2.75) is 38.1 Å². The monoisotopic (exact) mass is 231 g/mol. The molecule has 0 radical (unpaired) electrons. The Morgan fingerprint density at radius 2 is 1.80 bits per heavy atom. The number of nitrogens with one attached hydrogen (secondary N) is 1. The summed E-state index contributed by atoms with van der Waals surface area (Å²) >= 11 is 0. The molecule has 88 valence electrons. The molecule has 15 heavy (non-hydrogen) atoms. The molecule has 2 rings (SSSR count). The summed E-state index contributed by atoms with van der Waals surface area (Å²) in [4.78, 5) is 0. The van der Waals surface area contributed by atoms with Crippen LogP contribution in [0.2, 0.25) is 0 Å². The highest BCUT2D eigenvalue weighted by molar-refractivity contribution is 5.85. The van der Waals surface area contributed by atoms with Gasteiger partial charge < -0.3 is 10.1 Å². The molecule has 0 spiro atoms. The maximum atomic E-state index is 5.34. The average molecular weight is 232 g/mol. The van der Waals surface area contributed by atoms with E-state index in [0.29, 0.717) is 6.04 Å². The SMILES string of the molecule is C(=C\C1CCCCN1)/C1CCOCC1.Cl. The van der Waals surface area contributed by atoms with Crippen LogP contribution in [0.1, 0.15) is 32.1 Å². The molecular weight excluding hydrogens is 210 g/mol. The van der Waals surface area contributed by atoms with E-state index in [1.54, 1.807) is 0 Å². The van der Waals surface area contributed by atoms with E-state index in [9.17, 15) is 0 Å². The van der Waals surface area contributed by atoms with Crippen LogP contribution < -0.4 is 5.32 Å².